The van der Waals surface area contributed by atoms with Gasteiger partial charge in [-0.1, -0.05) is 308 Å². The molecule has 0 atom stereocenters. The van der Waals surface area contributed by atoms with Gasteiger partial charge in [-0.3, -0.25) is 0 Å². The Morgan fingerprint density at radius 2 is 0.462 bits per heavy atom. The van der Waals surface area contributed by atoms with Crippen LogP contribution in [0.4, 0.5) is 0 Å². The highest BCUT2D eigenvalue weighted by molar-refractivity contribution is 7.26. The summed E-state index contributed by atoms with van der Waals surface area (Å²) in [5, 5.41) is 22.1. The topological polar surface area (TPSA) is 77.3 Å². The molecule has 0 fully saturated rings. The van der Waals surface area contributed by atoms with Gasteiger partial charge >= 0.3 is 0 Å². The molecule has 0 aliphatic heterocycles. The fraction of sp³-hybridized carbons (Fsp3) is 0.0727. The van der Waals surface area contributed by atoms with Crippen LogP contribution < -0.4 is 0 Å². The summed E-state index contributed by atoms with van der Waals surface area (Å²) in [6, 6.07) is 124. The highest BCUT2D eigenvalue weighted by atomic mass is 32.1. The molecule has 24 rings (SSSR count). The van der Waals surface area contributed by atoms with E-state index in [1.165, 1.54) is 126 Å². The average molecular weight is 1580 g/mol. The lowest BCUT2D eigenvalue weighted by Crippen LogP contribution is -2.16. The van der Waals surface area contributed by atoms with E-state index in [1.807, 2.05) is 34.0 Å². The molecular weight excluding hydrogens is 1500 g/mol. The van der Waals surface area contributed by atoms with Crippen molar-refractivity contribution in [2.24, 2.45) is 0 Å². The fourth-order valence-electron chi connectivity index (χ4n) is 17.9. The molecule has 24 aromatic rings. The summed E-state index contributed by atoms with van der Waals surface area (Å²) in [7, 11) is 0. The second kappa shape index (κ2) is 28.8. The van der Waals surface area contributed by atoms with Gasteiger partial charge in [-0.25, -0.2) is 29.9 Å². The van der Waals surface area contributed by atoms with Crippen molar-refractivity contribution in [1.82, 2.24) is 29.9 Å². The van der Waals surface area contributed by atoms with Crippen molar-refractivity contribution in [2.45, 2.75) is 52.9 Å². The van der Waals surface area contributed by atoms with Gasteiger partial charge in [-0.2, -0.15) is 0 Å². The van der Waals surface area contributed by atoms with Crippen LogP contribution in [-0.2, 0) is 5.41 Å². The number of fused-ring (bicyclic) bond motifs is 27. The molecule has 564 valence electrons. The fourth-order valence-corrected chi connectivity index (χ4v) is 21.2. The number of aryl methyl sites for hydroxylation is 1. The number of hydrogen-bond donors (Lipinski definition) is 0. The number of nitrogens with zero attached hydrogens (tertiary/aromatic N) is 6. The van der Waals surface area contributed by atoms with Crippen molar-refractivity contribution in [3.05, 3.63) is 363 Å². The van der Waals surface area contributed by atoms with Gasteiger partial charge in [0.05, 0.1) is 67.3 Å². The first-order valence-corrected chi connectivity index (χ1v) is 43.2. The Kier molecular flexibility index (Phi) is 17.4. The Hall–Kier alpha value is -13.8. The molecule has 18 aromatic carbocycles. The molecular formula is C110H76N6S3. The van der Waals surface area contributed by atoms with Gasteiger partial charge in [-0.15, -0.1) is 34.0 Å². The van der Waals surface area contributed by atoms with Gasteiger partial charge in [0, 0.05) is 115 Å². The molecule has 0 amide bonds. The molecule has 0 radical (unpaired) electrons. The molecule has 6 nitrogen and oxygen atoms in total. The van der Waals surface area contributed by atoms with Gasteiger partial charge in [-0.05, 0) is 151 Å². The van der Waals surface area contributed by atoms with Crippen molar-refractivity contribution >= 4 is 192 Å². The van der Waals surface area contributed by atoms with E-state index in [1.54, 1.807) is 0 Å². The standard InChI is InChI=1S/C38H28N2S.C37H26N2S.C35H22N2S/c1-38(2,3)37-34(39-35-29-16-6-4-13-26(29)27-14-5-7-17-30(27)36(35)40-37)25-12-10-11-23(21-25)24-19-20-33-31(22-24)28-15-8-9-18-32(28)41-33;1-22(2)34-35(39-37-30-16-6-4-13-27(30)26-12-3-5-15-29(26)36(37)38-34)25-11-9-10-23(20-25)24-18-19-33-31(21-24)28-14-7-8-17-32(28)40-33;1-21-33(37-35-29-15-5-3-12-26(29)25-11-2-4-14-28(25)34(35)36-21)24-10-8-9-22(19-24)23-17-18-32-30(20-23)27-13-6-7-16-31(27)38-32/h4-22H,1-3H3;3-22H,1-2H3;2-20H,1H3. The van der Waals surface area contributed by atoms with Gasteiger partial charge in [0.2, 0.25) is 0 Å². The number of rotatable bonds is 7. The minimum atomic E-state index is -0.187. The predicted octanol–water partition coefficient (Wildman–Crippen LogP) is 31.6. The molecule has 0 aliphatic carbocycles. The van der Waals surface area contributed by atoms with Gasteiger partial charge < -0.3 is 0 Å². The lowest BCUT2D eigenvalue weighted by Gasteiger charge is -2.23. The SMILES string of the molecule is CC(C)(C)c1nc2c3ccccc3c3ccccc3c2nc1-c1cccc(-c2ccc3sc4ccccc4c3c2)c1.CC(C)c1nc2c3ccccc3c3ccccc3c2nc1-c1cccc(-c2ccc3sc4ccccc4c3c2)c1.Cc1nc2c3ccccc3c3ccccc3c2nc1-c1cccc(-c2ccc3sc4ccccc4c3c2)c1. The van der Waals surface area contributed by atoms with Crippen LogP contribution in [0.2, 0.25) is 0 Å². The van der Waals surface area contributed by atoms with Crippen molar-refractivity contribution in [3.63, 3.8) is 0 Å². The maximum absolute atomic E-state index is 5.45. The summed E-state index contributed by atoms with van der Waals surface area (Å²) in [6.07, 6.45) is 0. The van der Waals surface area contributed by atoms with E-state index in [4.69, 9.17) is 29.9 Å². The van der Waals surface area contributed by atoms with E-state index in [2.05, 4.69) is 387 Å². The predicted molar refractivity (Wildman–Crippen MR) is 512 cm³/mol. The first kappa shape index (κ1) is 71.7. The summed E-state index contributed by atoms with van der Waals surface area (Å²) >= 11 is 5.56. The molecule has 0 saturated carbocycles. The first-order valence-electron chi connectivity index (χ1n) is 40.7. The number of benzene rings is 18. The molecule has 0 unspecified atom stereocenters. The van der Waals surface area contributed by atoms with Crippen molar-refractivity contribution < 1.29 is 0 Å². The third-order valence-electron chi connectivity index (χ3n) is 23.6. The highest BCUT2D eigenvalue weighted by Gasteiger charge is 2.27. The number of hydrogen-bond acceptors (Lipinski definition) is 9. The normalized spacial score (nSPS) is 12.0. The van der Waals surface area contributed by atoms with Crippen LogP contribution in [0.25, 0.3) is 225 Å². The molecule has 9 heteroatoms. The maximum atomic E-state index is 5.45. The lowest BCUT2D eigenvalue weighted by molar-refractivity contribution is 0.571. The second-order valence-corrected chi connectivity index (χ2v) is 35.7. The molecule has 0 saturated heterocycles. The zero-order chi connectivity index (χ0) is 79.7. The number of aromatic nitrogens is 6. The Labute approximate surface area is 699 Å². The molecule has 0 aliphatic rings. The Morgan fingerprint density at radius 1 is 0.210 bits per heavy atom. The van der Waals surface area contributed by atoms with Crippen molar-refractivity contribution in [3.8, 4) is 67.2 Å². The Morgan fingerprint density at radius 3 is 0.807 bits per heavy atom. The summed E-state index contributed by atoms with van der Waals surface area (Å²) in [5.41, 5.74) is 21.9. The van der Waals surface area contributed by atoms with Crippen LogP contribution in [0.15, 0.2) is 346 Å². The molecule has 6 heterocycles. The van der Waals surface area contributed by atoms with Gasteiger partial charge in [0.1, 0.15) is 0 Å². The van der Waals surface area contributed by atoms with E-state index >= 15 is 0 Å². The van der Waals surface area contributed by atoms with E-state index in [0.717, 1.165) is 116 Å². The summed E-state index contributed by atoms with van der Waals surface area (Å²) in [5.74, 6) is 0.231. The van der Waals surface area contributed by atoms with E-state index < -0.39 is 0 Å². The van der Waals surface area contributed by atoms with Gasteiger partial charge in [0.15, 0.2) is 0 Å². The molecule has 0 bridgehead atoms. The van der Waals surface area contributed by atoms with Crippen LogP contribution in [-0.4, -0.2) is 29.9 Å². The lowest BCUT2D eigenvalue weighted by atomic mass is 9.87. The summed E-state index contributed by atoms with van der Waals surface area (Å²) < 4.78 is 7.95. The first-order chi connectivity index (χ1) is 58.3. The third kappa shape index (κ3) is 12.4. The molecule has 119 heavy (non-hydrogen) atoms. The average Bonchev–Trinajstić information content (AvgIpc) is 1.59. The number of thiophene rings is 3. The second-order valence-electron chi connectivity index (χ2n) is 32.5. The summed E-state index contributed by atoms with van der Waals surface area (Å²) in [6.45, 7) is 13.2. The Bertz CT molecular complexity index is 8310. The largest absolute Gasteiger partial charge is 0.249 e. The van der Waals surface area contributed by atoms with E-state index in [0.29, 0.717) is 0 Å². The van der Waals surface area contributed by atoms with Crippen molar-refractivity contribution in [1.29, 1.82) is 0 Å². The monoisotopic (exact) mass is 1580 g/mol. The Balaban J connectivity index is 0.000000107. The van der Waals surface area contributed by atoms with Crippen LogP contribution >= 0.6 is 34.0 Å². The minimum Gasteiger partial charge on any atom is -0.249 e. The van der Waals surface area contributed by atoms with E-state index in [-0.39, 0.29) is 11.3 Å². The smallest absolute Gasteiger partial charge is 0.0979 e. The zero-order valence-electron chi connectivity index (χ0n) is 66.4. The van der Waals surface area contributed by atoms with Crippen LogP contribution in [0, 0.1) is 6.92 Å². The molecule has 0 N–H and O–H groups in total. The van der Waals surface area contributed by atoms with Gasteiger partial charge in [0.25, 0.3) is 0 Å². The highest BCUT2D eigenvalue weighted by Crippen LogP contribution is 2.46. The quantitative estimate of drug-likeness (QED) is 0.148. The van der Waals surface area contributed by atoms with E-state index in [9.17, 15) is 0 Å². The maximum Gasteiger partial charge on any atom is 0.0979 e. The summed E-state index contributed by atoms with van der Waals surface area (Å²) in [4.78, 5) is 32.0. The van der Waals surface area contributed by atoms with Crippen LogP contribution in [0.3, 0.4) is 0 Å². The molecule has 0 spiro atoms. The zero-order valence-corrected chi connectivity index (χ0v) is 68.8. The third-order valence-corrected chi connectivity index (χ3v) is 27.1. The van der Waals surface area contributed by atoms with Crippen LogP contribution in [0.1, 0.15) is 57.6 Å². The van der Waals surface area contributed by atoms with Crippen LogP contribution in [0.5, 0.6) is 0 Å². The molecule has 6 aromatic heterocycles. The minimum absolute atomic E-state index is 0.187. The van der Waals surface area contributed by atoms with Crippen molar-refractivity contribution in [2.75, 3.05) is 0 Å².